The van der Waals surface area contributed by atoms with Crippen LogP contribution in [0.2, 0.25) is 0 Å². The zero-order valence-electron chi connectivity index (χ0n) is 9.91. The average Bonchev–Trinajstić information content (AvgIpc) is 2.29. The van der Waals surface area contributed by atoms with E-state index in [1.165, 1.54) is 0 Å². The zero-order chi connectivity index (χ0) is 12.0. The summed E-state index contributed by atoms with van der Waals surface area (Å²) in [6.45, 7) is 2.27. The minimum atomic E-state index is -0.0176. The molecule has 0 unspecified atom stereocenters. The smallest absolute Gasteiger partial charge is 0.234 e. The number of carbonyl (C=O) groups excluding carboxylic acids is 1. The van der Waals surface area contributed by atoms with Crippen LogP contribution in [0.4, 0.5) is 0 Å². The molecule has 1 atom stereocenters. The van der Waals surface area contributed by atoms with Gasteiger partial charge in [0.05, 0.1) is 19.7 Å². The Labute approximate surface area is 96.0 Å². The third kappa shape index (κ3) is 3.55. The first-order chi connectivity index (χ1) is 7.67. The van der Waals surface area contributed by atoms with Gasteiger partial charge in [0.2, 0.25) is 5.91 Å². The molecule has 16 heavy (non-hydrogen) atoms. The molecule has 0 saturated heterocycles. The molecule has 0 aliphatic heterocycles. The van der Waals surface area contributed by atoms with Gasteiger partial charge in [0.1, 0.15) is 5.75 Å². The van der Waals surface area contributed by atoms with Crippen LogP contribution in [-0.4, -0.2) is 26.6 Å². The van der Waals surface area contributed by atoms with Crippen molar-refractivity contribution in [1.29, 1.82) is 0 Å². The molecule has 1 aromatic carbocycles. The van der Waals surface area contributed by atoms with E-state index in [4.69, 9.17) is 4.74 Å². The van der Waals surface area contributed by atoms with Crippen LogP contribution in [0.15, 0.2) is 24.3 Å². The molecule has 4 nitrogen and oxygen atoms in total. The lowest BCUT2D eigenvalue weighted by atomic mass is 10.1. The molecule has 0 bridgehead atoms. The molecular weight excluding hydrogens is 204 g/mol. The molecule has 0 radical (unpaired) electrons. The monoisotopic (exact) mass is 222 g/mol. The SMILES string of the molecule is CNCC(=O)N[C@@H](C)c1cccc(OC)c1. The number of nitrogens with one attached hydrogen (secondary N) is 2. The zero-order valence-corrected chi connectivity index (χ0v) is 9.91. The number of methoxy groups -OCH3 is 1. The van der Waals surface area contributed by atoms with Gasteiger partial charge in [0.15, 0.2) is 0 Å². The molecule has 4 heteroatoms. The lowest BCUT2D eigenvalue weighted by Gasteiger charge is -2.14. The summed E-state index contributed by atoms with van der Waals surface area (Å²) in [5, 5.41) is 5.70. The fourth-order valence-corrected chi connectivity index (χ4v) is 1.45. The Morgan fingerprint density at radius 2 is 2.25 bits per heavy atom. The van der Waals surface area contributed by atoms with Crippen molar-refractivity contribution in [1.82, 2.24) is 10.6 Å². The normalized spacial score (nSPS) is 11.9. The van der Waals surface area contributed by atoms with Crippen LogP contribution in [0.25, 0.3) is 0 Å². The van der Waals surface area contributed by atoms with Gasteiger partial charge >= 0.3 is 0 Å². The van der Waals surface area contributed by atoms with Crippen LogP contribution in [0, 0.1) is 0 Å². The minimum absolute atomic E-state index is 0.0159. The molecule has 1 rings (SSSR count). The summed E-state index contributed by atoms with van der Waals surface area (Å²) in [5.74, 6) is 0.782. The first-order valence-corrected chi connectivity index (χ1v) is 5.25. The van der Waals surface area contributed by atoms with Crippen molar-refractivity contribution in [3.8, 4) is 5.75 Å². The maximum Gasteiger partial charge on any atom is 0.234 e. The Morgan fingerprint density at radius 1 is 1.50 bits per heavy atom. The van der Waals surface area contributed by atoms with E-state index in [2.05, 4.69) is 10.6 Å². The number of rotatable bonds is 5. The van der Waals surface area contributed by atoms with Crippen LogP contribution in [0.1, 0.15) is 18.5 Å². The molecule has 0 fully saturated rings. The summed E-state index contributed by atoms with van der Waals surface area (Å²) in [7, 11) is 3.37. The highest BCUT2D eigenvalue weighted by atomic mass is 16.5. The molecule has 0 aromatic heterocycles. The van der Waals surface area contributed by atoms with Gasteiger partial charge in [-0.1, -0.05) is 12.1 Å². The van der Waals surface area contributed by atoms with Crippen molar-refractivity contribution in [2.24, 2.45) is 0 Å². The number of ether oxygens (including phenoxy) is 1. The Hall–Kier alpha value is -1.55. The quantitative estimate of drug-likeness (QED) is 0.784. The highest BCUT2D eigenvalue weighted by Gasteiger charge is 2.09. The Kier molecular flexibility index (Phi) is 4.79. The number of benzene rings is 1. The van der Waals surface area contributed by atoms with Gasteiger partial charge in [-0.25, -0.2) is 0 Å². The lowest BCUT2D eigenvalue weighted by molar-refractivity contribution is -0.120. The number of carbonyl (C=O) groups is 1. The molecule has 2 N–H and O–H groups in total. The topological polar surface area (TPSA) is 50.4 Å². The third-order valence-corrected chi connectivity index (χ3v) is 2.31. The molecular formula is C12H18N2O2. The lowest BCUT2D eigenvalue weighted by Crippen LogP contribution is -2.33. The van der Waals surface area contributed by atoms with Crippen molar-refractivity contribution in [3.63, 3.8) is 0 Å². The van der Waals surface area contributed by atoms with E-state index in [0.717, 1.165) is 11.3 Å². The van der Waals surface area contributed by atoms with Crippen LogP contribution in [0.5, 0.6) is 5.75 Å². The molecule has 1 aromatic rings. The van der Waals surface area contributed by atoms with Gasteiger partial charge in [-0.2, -0.15) is 0 Å². The molecule has 0 aliphatic carbocycles. The standard InChI is InChI=1S/C12H18N2O2/c1-9(14-12(15)8-13-2)10-5-4-6-11(7-10)16-3/h4-7,9,13H,8H2,1-3H3,(H,14,15)/t9-/m0/s1. The van der Waals surface area contributed by atoms with E-state index in [1.807, 2.05) is 31.2 Å². The minimum Gasteiger partial charge on any atom is -0.497 e. The first-order valence-electron chi connectivity index (χ1n) is 5.25. The highest BCUT2D eigenvalue weighted by Crippen LogP contribution is 2.18. The largest absolute Gasteiger partial charge is 0.497 e. The maximum atomic E-state index is 11.4. The Bertz CT molecular complexity index is 353. The van der Waals surface area contributed by atoms with Crippen molar-refractivity contribution >= 4 is 5.91 Å². The second-order valence-electron chi connectivity index (χ2n) is 3.60. The van der Waals surface area contributed by atoms with E-state index in [9.17, 15) is 4.79 Å². The first kappa shape index (κ1) is 12.5. The fraction of sp³-hybridized carbons (Fsp3) is 0.417. The second-order valence-corrected chi connectivity index (χ2v) is 3.60. The van der Waals surface area contributed by atoms with Gasteiger partial charge in [-0.3, -0.25) is 4.79 Å². The van der Waals surface area contributed by atoms with Crippen LogP contribution in [0.3, 0.4) is 0 Å². The predicted octanol–water partition coefficient (Wildman–Crippen LogP) is 1.09. The van der Waals surface area contributed by atoms with Gasteiger partial charge in [-0.05, 0) is 31.7 Å². The van der Waals surface area contributed by atoms with Crippen LogP contribution in [-0.2, 0) is 4.79 Å². The van der Waals surface area contributed by atoms with Crippen LogP contribution < -0.4 is 15.4 Å². The van der Waals surface area contributed by atoms with Gasteiger partial charge in [-0.15, -0.1) is 0 Å². The van der Waals surface area contributed by atoms with E-state index in [-0.39, 0.29) is 11.9 Å². The van der Waals surface area contributed by atoms with Crippen molar-refractivity contribution in [2.45, 2.75) is 13.0 Å². The van der Waals surface area contributed by atoms with Crippen molar-refractivity contribution < 1.29 is 9.53 Å². The fourth-order valence-electron chi connectivity index (χ4n) is 1.45. The number of amides is 1. The highest BCUT2D eigenvalue weighted by molar-refractivity contribution is 5.78. The van der Waals surface area contributed by atoms with E-state index >= 15 is 0 Å². The molecule has 88 valence electrons. The summed E-state index contributed by atoms with van der Waals surface area (Å²) in [6, 6.07) is 7.66. The van der Waals surface area contributed by atoms with Crippen molar-refractivity contribution in [3.05, 3.63) is 29.8 Å². The third-order valence-electron chi connectivity index (χ3n) is 2.31. The van der Waals surface area contributed by atoms with Crippen molar-refractivity contribution in [2.75, 3.05) is 20.7 Å². The maximum absolute atomic E-state index is 11.4. The summed E-state index contributed by atoms with van der Waals surface area (Å²) < 4.78 is 5.13. The second kappa shape index (κ2) is 6.12. The summed E-state index contributed by atoms with van der Waals surface area (Å²) in [5.41, 5.74) is 1.03. The summed E-state index contributed by atoms with van der Waals surface area (Å²) in [6.07, 6.45) is 0. The molecule has 0 saturated carbocycles. The van der Waals surface area contributed by atoms with Gasteiger partial charge in [0.25, 0.3) is 0 Å². The Morgan fingerprint density at radius 3 is 2.88 bits per heavy atom. The number of hydrogen-bond donors (Lipinski definition) is 2. The average molecular weight is 222 g/mol. The Balaban J connectivity index is 2.64. The van der Waals surface area contributed by atoms with Gasteiger partial charge in [0, 0.05) is 0 Å². The van der Waals surface area contributed by atoms with Gasteiger partial charge < -0.3 is 15.4 Å². The van der Waals surface area contributed by atoms with E-state index in [1.54, 1.807) is 14.2 Å². The van der Waals surface area contributed by atoms with E-state index in [0.29, 0.717) is 6.54 Å². The summed E-state index contributed by atoms with van der Waals surface area (Å²) >= 11 is 0. The molecule has 1 amide bonds. The number of likely N-dealkylation sites (N-methyl/N-ethyl adjacent to an activating group) is 1. The number of hydrogen-bond acceptors (Lipinski definition) is 3. The molecule has 0 spiro atoms. The van der Waals surface area contributed by atoms with E-state index < -0.39 is 0 Å². The van der Waals surface area contributed by atoms with Crippen LogP contribution >= 0.6 is 0 Å². The summed E-state index contributed by atoms with van der Waals surface area (Å²) in [4.78, 5) is 11.4. The molecule has 0 aliphatic rings. The molecule has 0 heterocycles. The predicted molar refractivity (Wildman–Crippen MR) is 63.5 cm³/mol.